The predicted molar refractivity (Wildman–Crippen MR) is 98.4 cm³/mol. The van der Waals surface area contributed by atoms with E-state index in [-0.39, 0.29) is 25.4 Å². The minimum absolute atomic E-state index is 0.0157. The highest BCUT2D eigenvalue weighted by molar-refractivity contribution is 5.93. The van der Waals surface area contributed by atoms with Crippen LogP contribution in [0, 0.1) is 0 Å². The smallest absolute Gasteiger partial charge is 0.333 e. The van der Waals surface area contributed by atoms with Gasteiger partial charge < -0.3 is 24.4 Å². The van der Waals surface area contributed by atoms with Gasteiger partial charge in [0.2, 0.25) is 0 Å². The van der Waals surface area contributed by atoms with Gasteiger partial charge in [-0.25, -0.2) is 4.79 Å². The molecule has 0 aromatic heterocycles. The average molecular weight is 360 g/mol. The monoisotopic (exact) mass is 360 g/mol. The van der Waals surface area contributed by atoms with Gasteiger partial charge in [0, 0.05) is 29.4 Å². The van der Waals surface area contributed by atoms with E-state index in [0.29, 0.717) is 24.5 Å². The first-order chi connectivity index (χ1) is 12.5. The molecular weight excluding hydrogens is 336 g/mol. The van der Waals surface area contributed by atoms with E-state index < -0.39 is 12.1 Å². The Balaban J connectivity index is 2.02. The van der Waals surface area contributed by atoms with Crippen molar-refractivity contribution in [3.05, 3.63) is 48.6 Å². The van der Waals surface area contributed by atoms with Gasteiger partial charge in [0.05, 0.1) is 6.61 Å². The first kappa shape index (κ1) is 19.8. The number of aliphatic hydroxyl groups excluding tert-OH is 2. The fourth-order valence-electron chi connectivity index (χ4n) is 2.27. The Bertz CT molecular complexity index is 755. The number of hydrogen-bond acceptors (Lipinski definition) is 6. The molecule has 0 aliphatic rings. The molecule has 2 N–H and O–H groups in total. The summed E-state index contributed by atoms with van der Waals surface area (Å²) in [5, 5.41) is 20.5. The van der Waals surface area contributed by atoms with E-state index >= 15 is 0 Å². The summed E-state index contributed by atoms with van der Waals surface area (Å²) in [6.45, 7) is 5.35. The molecule has 0 aliphatic heterocycles. The number of esters is 1. The summed E-state index contributed by atoms with van der Waals surface area (Å²) in [4.78, 5) is 11.3. The van der Waals surface area contributed by atoms with E-state index in [1.54, 1.807) is 19.1 Å². The summed E-state index contributed by atoms with van der Waals surface area (Å²) >= 11 is 0. The molecule has 1 unspecified atom stereocenters. The Kier molecular flexibility index (Phi) is 7.44. The molecule has 2 aromatic rings. The van der Waals surface area contributed by atoms with E-state index in [4.69, 9.17) is 19.3 Å². The zero-order valence-corrected chi connectivity index (χ0v) is 14.8. The third-order valence-electron chi connectivity index (χ3n) is 3.59. The first-order valence-corrected chi connectivity index (χ1v) is 8.42. The van der Waals surface area contributed by atoms with Crippen molar-refractivity contribution in [2.24, 2.45) is 0 Å². The number of carbonyl (C=O) groups excluding carboxylic acids is 1. The van der Waals surface area contributed by atoms with Crippen LogP contribution in [0.15, 0.2) is 48.6 Å². The van der Waals surface area contributed by atoms with Gasteiger partial charge in [-0.15, -0.1) is 0 Å². The minimum Gasteiger partial charge on any atom is -0.493 e. The molecule has 0 radical (unpaired) electrons. The van der Waals surface area contributed by atoms with Crippen LogP contribution in [-0.4, -0.2) is 48.7 Å². The highest BCUT2D eigenvalue weighted by Crippen LogP contribution is 2.33. The summed E-state index contributed by atoms with van der Waals surface area (Å²) in [7, 11) is 0. The molecule has 0 spiro atoms. The van der Waals surface area contributed by atoms with Gasteiger partial charge >= 0.3 is 5.97 Å². The lowest BCUT2D eigenvalue weighted by Crippen LogP contribution is -2.25. The van der Waals surface area contributed by atoms with Gasteiger partial charge in [-0.3, -0.25) is 0 Å². The summed E-state index contributed by atoms with van der Waals surface area (Å²) in [5.41, 5.74) is 0.279. The molecule has 0 saturated carbocycles. The third-order valence-corrected chi connectivity index (χ3v) is 3.59. The van der Waals surface area contributed by atoms with Crippen molar-refractivity contribution >= 4 is 16.7 Å². The molecule has 0 saturated heterocycles. The zero-order chi connectivity index (χ0) is 18.9. The predicted octanol–water partition coefficient (Wildman–Crippen LogP) is 2.46. The Morgan fingerprint density at radius 2 is 1.69 bits per heavy atom. The molecule has 1 atom stereocenters. The van der Waals surface area contributed by atoms with Gasteiger partial charge in [-0.1, -0.05) is 30.8 Å². The lowest BCUT2D eigenvalue weighted by atomic mass is 10.1. The molecule has 2 aromatic carbocycles. The number of hydrogen-bond donors (Lipinski definition) is 2. The van der Waals surface area contributed by atoms with Crippen molar-refractivity contribution in [2.75, 3.05) is 26.4 Å². The molecule has 6 heteroatoms. The Labute approximate surface area is 152 Å². The summed E-state index contributed by atoms with van der Waals surface area (Å²) in [6.07, 6.45) is -0.390. The Morgan fingerprint density at radius 3 is 2.27 bits per heavy atom. The standard InChI is InChI=1S/C20H24O6/c1-14(2)20(23)26-13-15(22)12-25-19-9-8-18(24-11-5-10-21)16-6-3-4-7-17(16)19/h3-4,6-9,15,21-22H,1,5,10-13H2,2H3. The van der Waals surface area contributed by atoms with Crippen molar-refractivity contribution in [3.8, 4) is 11.5 Å². The van der Waals surface area contributed by atoms with Crippen molar-refractivity contribution in [1.29, 1.82) is 0 Å². The van der Waals surface area contributed by atoms with Crippen LogP contribution in [0.3, 0.4) is 0 Å². The first-order valence-electron chi connectivity index (χ1n) is 8.42. The summed E-state index contributed by atoms with van der Waals surface area (Å²) in [6, 6.07) is 11.2. The van der Waals surface area contributed by atoms with Gasteiger partial charge in [0.1, 0.15) is 30.8 Å². The Hall–Kier alpha value is -2.57. The van der Waals surface area contributed by atoms with E-state index in [9.17, 15) is 9.90 Å². The third kappa shape index (κ3) is 5.47. The molecule has 140 valence electrons. The van der Waals surface area contributed by atoms with E-state index in [2.05, 4.69) is 6.58 Å². The average Bonchev–Trinajstić information content (AvgIpc) is 2.65. The van der Waals surface area contributed by atoms with Crippen molar-refractivity contribution in [2.45, 2.75) is 19.4 Å². The lowest BCUT2D eigenvalue weighted by Gasteiger charge is -2.16. The number of aliphatic hydroxyl groups is 2. The topological polar surface area (TPSA) is 85.2 Å². The number of benzene rings is 2. The quantitative estimate of drug-likeness (QED) is 0.385. The van der Waals surface area contributed by atoms with Crippen LogP contribution in [0.1, 0.15) is 13.3 Å². The van der Waals surface area contributed by atoms with Crippen LogP contribution in [0.4, 0.5) is 0 Å². The second-order valence-corrected chi connectivity index (χ2v) is 5.88. The molecule has 0 fully saturated rings. The normalized spacial score (nSPS) is 11.8. The zero-order valence-electron chi connectivity index (χ0n) is 14.8. The summed E-state index contributed by atoms with van der Waals surface area (Å²) in [5.74, 6) is 0.761. The highest BCUT2D eigenvalue weighted by atomic mass is 16.5. The van der Waals surface area contributed by atoms with E-state index in [1.165, 1.54) is 0 Å². The van der Waals surface area contributed by atoms with Crippen molar-refractivity contribution in [3.63, 3.8) is 0 Å². The Morgan fingerprint density at radius 1 is 1.08 bits per heavy atom. The number of fused-ring (bicyclic) bond motifs is 1. The molecular formula is C20H24O6. The lowest BCUT2D eigenvalue weighted by molar-refractivity contribution is -0.142. The summed E-state index contributed by atoms with van der Waals surface area (Å²) < 4.78 is 16.3. The molecule has 0 heterocycles. The van der Waals surface area contributed by atoms with Crippen molar-refractivity contribution in [1.82, 2.24) is 0 Å². The number of carbonyl (C=O) groups is 1. The largest absolute Gasteiger partial charge is 0.493 e. The van der Waals surface area contributed by atoms with Gasteiger partial charge in [-0.2, -0.15) is 0 Å². The van der Waals surface area contributed by atoms with Gasteiger partial charge in [-0.05, 0) is 19.1 Å². The molecule has 0 bridgehead atoms. The van der Waals surface area contributed by atoms with Gasteiger partial charge in [0.15, 0.2) is 0 Å². The highest BCUT2D eigenvalue weighted by Gasteiger charge is 2.12. The maximum Gasteiger partial charge on any atom is 0.333 e. The van der Waals surface area contributed by atoms with Crippen LogP contribution in [0.25, 0.3) is 10.8 Å². The van der Waals surface area contributed by atoms with Crippen LogP contribution in [0.5, 0.6) is 11.5 Å². The molecule has 0 amide bonds. The maximum atomic E-state index is 11.3. The fourth-order valence-corrected chi connectivity index (χ4v) is 2.27. The van der Waals surface area contributed by atoms with Gasteiger partial charge in [0.25, 0.3) is 0 Å². The van der Waals surface area contributed by atoms with Crippen LogP contribution >= 0.6 is 0 Å². The SMILES string of the molecule is C=C(C)C(=O)OCC(O)COc1ccc(OCCCO)c2ccccc12. The molecule has 26 heavy (non-hydrogen) atoms. The van der Waals surface area contributed by atoms with E-state index in [0.717, 1.165) is 10.8 Å². The second-order valence-electron chi connectivity index (χ2n) is 5.88. The van der Waals surface area contributed by atoms with E-state index in [1.807, 2.05) is 24.3 Å². The molecule has 0 aliphatic carbocycles. The maximum absolute atomic E-state index is 11.3. The number of rotatable bonds is 10. The minimum atomic E-state index is -0.947. The van der Waals surface area contributed by atoms with Crippen LogP contribution in [-0.2, 0) is 9.53 Å². The fraction of sp³-hybridized carbons (Fsp3) is 0.350. The van der Waals surface area contributed by atoms with Crippen LogP contribution in [0.2, 0.25) is 0 Å². The second kappa shape index (κ2) is 9.79. The van der Waals surface area contributed by atoms with Crippen molar-refractivity contribution < 1.29 is 29.2 Å². The molecule has 2 rings (SSSR count). The van der Waals surface area contributed by atoms with Crippen LogP contribution < -0.4 is 9.47 Å². The molecule has 6 nitrogen and oxygen atoms in total. The number of ether oxygens (including phenoxy) is 3.